The lowest BCUT2D eigenvalue weighted by Crippen LogP contribution is -2.28. The van der Waals surface area contributed by atoms with E-state index in [1.807, 2.05) is 0 Å². The van der Waals surface area contributed by atoms with Crippen molar-refractivity contribution < 1.29 is 9.18 Å². The van der Waals surface area contributed by atoms with Gasteiger partial charge < -0.3 is 9.88 Å². The van der Waals surface area contributed by atoms with Gasteiger partial charge in [0.15, 0.2) is 5.16 Å². The predicted molar refractivity (Wildman–Crippen MR) is 78.5 cm³/mol. The number of thioether (sulfide) groups is 1. The molecule has 1 heterocycles. The summed E-state index contributed by atoms with van der Waals surface area (Å²) in [7, 11) is 1.61. The highest BCUT2D eigenvalue weighted by atomic mass is 32.2. The molecule has 110 valence electrons. The Morgan fingerprint density at radius 3 is 2.86 bits per heavy atom. The molecule has 1 N–H and O–H groups in total. The van der Waals surface area contributed by atoms with E-state index in [0.29, 0.717) is 10.7 Å². The van der Waals surface area contributed by atoms with Crippen molar-refractivity contribution in [3.05, 3.63) is 58.3 Å². The highest BCUT2D eigenvalue weighted by Crippen LogP contribution is 2.13. The third-order valence-corrected chi connectivity index (χ3v) is 3.64. The predicted octanol–water partition coefficient (Wildman–Crippen LogP) is 1.66. The largest absolute Gasteiger partial charge is 0.341 e. The molecule has 5 nitrogen and oxygen atoms in total. The van der Waals surface area contributed by atoms with Crippen molar-refractivity contribution in [1.82, 2.24) is 14.9 Å². The lowest BCUT2D eigenvalue weighted by atomic mass is 10.2. The maximum atomic E-state index is 13.5. The summed E-state index contributed by atoms with van der Waals surface area (Å²) in [6, 6.07) is 7.64. The van der Waals surface area contributed by atoms with Crippen molar-refractivity contribution in [1.29, 1.82) is 0 Å². The molecule has 0 saturated carbocycles. The summed E-state index contributed by atoms with van der Waals surface area (Å²) in [5.74, 6) is -0.383. The van der Waals surface area contributed by atoms with Crippen LogP contribution in [0.25, 0.3) is 0 Å². The van der Waals surface area contributed by atoms with E-state index in [-0.39, 0.29) is 29.6 Å². The van der Waals surface area contributed by atoms with E-state index < -0.39 is 0 Å². The Labute approximate surface area is 125 Å². The Morgan fingerprint density at radius 1 is 1.38 bits per heavy atom. The number of nitrogens with zero attached hydrogens (tertiary/aromatic N) is 2. The molecule has 1 aromatic heterocycles. The number of benzene rings is 1. The molecule has 0 atom stereocenters. The lowest BCUT2D eigenvalue weighted by Gasteiger charge is -2.17. The number of carbonyl (C=O) groups excluding carboxylic acids is 1. The zero-order valence-electron chi connectivity index (χ0n) is 11.4. The second-order valence-electron chi connectivity index (χ2n) is 4.37. The third kappa shape index (κ3) is 4.42. The van der Waals surface area contributed by atoms with Crippen LogP contribution in [0.2, 0.25) is 0 Å². The van der Waals surface area contributed by atoms with Crippen molar-refractivity contribution in [3.63, 3.8) is 0 Å². The van der Waals surface area contributed by atoms with E-state index in [1.165, 1.54) is 23.2 Å². The number of nitrogens with one attached hydrogen (secondary N) is 1. The van der Waals surface area contributed by atoms with Crippen LogP contribution in [0.5, 0.6) is 0 Å². The Bertz CT molecular complexity index is 690. The van der Waals surface area contributed by atoms with Crippen LogP contribution in [0.4, 0.5) is 4.39 Å². The molecule has 1 aromatic carbocycles. The summed E-state index contributed by atoms with van der Waals surface area (Å²) >= 11 is 1.13. The number of hydrogen-bond acceptors (Lipinski definition) is 4. The number of aromatic amines is 1. The van der Waals surface area contributed by atoms with Crippen LogP contribution in [-0.4, -0.2) is 33.6 Å². The number of rotatable bonds is 5. The van der Waals surface area contributed by atoms with Gasteiger partial charge in [0, 0.05) is 31.4 Å². The van der Waals surface area contributed by atoms with Crippen molar-refractivity contribution in [2.24, 2.45) is 0 Å². The van der Waals surface area contributed by atoms with Crippen molar-refractivity contribution in [2.45, 2.75) is 11.7 Å². The van der Waals surface area contributed by atoms with E-state index in [2.05, 4.69) is 9.97 Å². The Hall–Kier alpha value is -2.15. The van der Waals surface area contributed by atoms with Crippen LogP contribution < -0.4 is 5.56 Å². The Kier molecular flexibility index (Phi) is 5.10. The fourth-order valence-corrected chi connectivity index (χ4v) is 2.42. The van der Waals surface area contributed by atoms with E-state index >= 15 is 0 Å². The van der Waals surface area contributed by atoms with Crippen molar-refractivity contribution >= 4 is 17.7 Å². The minimum Gasteiger partial charge on any atom is -0.341 e. The number of carbonyl (C=O) groups is 1. The topological polar surface area (TPSA) is 66.1 Å². The molecule has 0 fully saturated rings. The molecule has 1 amide bonds. The summed E-state index contributed by atoms with van der Waals surface area (Å²) in [5.41, 5.74) is 0.198. The van der Waals surface area contributed by atoms with E-state index in [1.54, 1.807) is 25.2 Å². The van der Waals surface area contributed by atoms with Crippen molar-refractivity contribution in [2.75, 3.05) is 12.8 Å². The van der Waals surface area contributed by atoms with E-state index in [0.717, 1.165) is 11.8 Å². The maximum Gasteiger partial charge on any atom is 0.251 e. The van der Waals surface area contributed by atoms with Gasteiger partial charge in [0.1, 0.15) is 5.82 Å². The van der Waals surface area contributed by atoms with Crippen molar-refractivity contribution in [3.8, 4) is 0 Å². The van der Waals surface area contributed by atoms with Crippen LogP contribution >= 0.6 is 11.8 Å². The first-order chi connectivity index (χ1) is 10.1. The molecular weight excluding hydrogens is 293 g/mol. The van der Waals surface area contributed by atoms with Crippen LogP contribution in [0.15, 0.2) is 46.5 Å². The van der Waals surface area contributed by atoms with Gasteiger partial charge in [-0.25, -0.2) is 9.37 Å². The number of amides is 1. The second kappa shape index (κ2) is 7.03. The number of halogens is 1. The molecule has 0 bridgehead atoms. The average molecular weight is 307 g/mol. The number of aromatic nitrogens is 2. The lowest BCUT2D eigenvalue weighted by molar-refractivity contribution is -0.127. The SMILES string of the molecule is CN(Cc1ccccc1F)C(=O)CSc1nccc(=O)[nH]1. The molecule has 2 rings (SSSR count). The molecule has 0 aliphatic rings. The molecule has 2 aromatic rings. The van der Waals surface area contributed by atoms with Crippen LogP contribution in [0.1, 0.15) is 5.56 Å². The first-order valence-corrected chi connectivity index (χ1v) is 7.20. The average Bonchev–Trinajstić information content (AvgIpc) is 2.47. The fraction of sp³-hybridized carbons (Fsp3) is 0.214. The summed E-state index contributed by atoms with van der Waals surface area (Å²) in [6.07, 6.45) is 1.38. The fourth-order valence-electron chi connectivity index (χ4n) is 1.64. The maximum absolute atomic E-state index is 13.5. The summed E-state index contributed by atoms with van der Waals surface area (Å²) in [5, 5.41) is 0.384. The van der Waals surface area contributed by atoms with Gasteiger partial charge in [-0.15, -0.1) is 0 Å². The highest BCUT2D eigenvalue weighted by molar-refractivity contribution is 7.99. The van der Waals surface area contributed by atoms with Gasteiger partial charge in [0.2, 0.25) is 5.91 Å². The first-order valence-electron chi connectivity index (χ1n) is 6.22. The van der Waals surface area contributed by atoms with E-state index in [4.69, 9.17) is 0 Å². The van der Waals surface area contributed by atoms with Crippen LogP contribution in [-0.2, 0) is 11.3 Å². The molecular formula is C14H14FN3O2S. The monoisotopic (exact) mass is 307 g/mol. The third-order valence-electron chi connectivity index (χ3n) is 2.77. The molecule has 0 radical (unpaired) electrons. The minimum absolute atomic E-state index is 0.123. The zero-order chi connectivity index (χ0) is 15.2. The van der Waals surface area contributed by atoms with Gasteiger partial charge >= 0.3 is 0 Å². The number of H-pyrrole nitrogens is 1. The second-order valence-corrected chi connectivity index (χ2v) is 5.33. The molecule has 0 saturated heterocycles. The smallest absolute Gasteiger partial charge is 0.251 e. The van der Waals surface area contributed by atoms with Crippen LogP contribution in [0.3, 0.4) is 0 Å². The van der Waals surface area contributed by atoms with Gasteiger partial charge in [0.25, 0.3) is 5.56 Å². The first kappa shape index (κ1) is 15.2. The Balaban J connectivity index is 1.91. The number of hydrogen-bond donors (Lipinski definition) is 1. The molecule has 0 unspecified atom stereocenters. The Morgan fingerprint density at radius 2 is 2.14 bits per heavy atom. The standard InChI is InChI=1S/C14H14FN3O2S/c1-18(8-10-4-2-3-5-11(10)15)13(20)9-21-14-16-7-6-12(19)17-14/h2-7H,8-9H2,1H3,(H,16,17,19). The quantitative estimate of drug-likeness (QED) is 0.674. The molecule has 0 spiro atoms. The summed E-state index contributed by atoms with van der Waals surface area (Å²) in [6.45, 7) is 0.199. The minimum atomic E-state index is -0.334. The summed E-state index contributed by atoms with van der Waals surface area (Å²) < 4.78 is 13.5. The molecule has 0 aliphatic heterocycles. The van der Waals surface area contributed by atoms with Crippen LogP contribution in [0, 0.1) is 5.82 Å². The zero-order valence-corrected chi connectivity index (χ0v) is 12.2. The van der Waals surface area contributed by atoms with Gasteiger partial charge in [-0.2, -0.15) is 0 Å². The van der Waals surface area contributed by atoms with E-state index in [9.17, 15) is 14.0 Å². The molecule has 21 heavy (non-hydrogen) atoms. The normalized spacial score (nSPS) is 10.4. The molecule has 0 aliphatic carbocycles. The van der Waals surface area contributed by atoms with Gasteiger partial charge in [-0.05, 0) is 6.07 Å². The highest BCUT2D eigenvalue weighted by Gasteiger charge is 2.12. The van der Waals surface area contributed by atoms with Gasteiger partial charge in [-0.3, -0.25) is 9.59 Å². The van der Waals surface area contributed by atoms with Gasteiger partial charge in [-0.1, -0.05) is 30.0 Å². The summed E-state index contributed by atoms with van der Waals surface area (Å²) in [4.78, 5) is 31.0. The molecule has 7 heteroatoms. The van der Waals surface area contributed by atoms with Gasteiger partial charge in [0.05, 0.1) is 5.75 Å².